The van der Waals surface area contributed by atoms with Gasteiger partial charge in [-0.2, -0.15) is 0 Å². The highest BCUT2D eigenvalue weighted by molar-refractivity contribution is 6.03. The molecule has 2 amide bonds. The lowest BCUT2D eigenvalue weighted by molar-refractivity contribution is -0.120. The number of hydrogen-bond donors (Lipinski definition) is 2. The van der Waals surface area contributed by atoms with Crippen LogP contribution in [0.3, 0.4) is 0 Å². The van der Waals surface area contributed by atoms with Gasteiger partial charge in [-0.3, -0.25) is 9.59 Å². The molecule has 0 heterocycles. The first-order chi connectivity index (χ1) is 11.7. The summed E-state index contributed by atoms with van der Waals surface area (Å²) < 4.78 is 5.08. The van der Waals surface area contributed by atoms with Crippen LogP contribution in [0.25, 0.3) is 0 Å². The molecule has 0 saturated carbocycles. The fourth-order valence-corrected chi connectivity index (χ4v) is 2.44. The maximum absolute atomic E-state index is 12.7. The molecule has 5 nitrogen and oxygen atoms in total. The van der Waals surface area contributed by atoms with Crippen LogP contribution in [0.1, 0.15) is 35.3 Å². The van der Waals surface area contributed by atoms with Gasteiger partial charge in [0.05, 0.1) is 7.11 Å². The summed E-state index contributed by atoms with van der Waals surface area (Å²) >= 11 is 0. The number of anilines is 1. The van der Waals surface area contributed by atoms with Crippen molar-refractivity contribution >= 4 is 17.5 Å². The van der Waals surface area contributed by atoms with Crippen LogP contribution in [0.5, 0.6) is 5.75 Å². The normalized spacial score (nSPS) is 10.9. The number of nitrogens with one attached hydrogen (secondary N) is 2. The smallest absolute Gasteiger partial charge is 0.252 e. The molecule has 0 aromatic heterocycles. The number of carbonyl (C=O) groups is 2. The van der Waals surface area contributed by atoms with Crippen molar-refractivity contribution in [3.8, 4) is 5.75 Å². The van der Waals surface area contributed by atoms with Crippen LogP contribution in [0.4, 0.5) is 5.69 Å². The molecule has 0 aliphatic carbocycles. The highest BCUT2D eigenvalue weighted by Gasteiger charge is 2.30. The first-order valence-electron chi connectivity index (χ1n) is 8.09. The van der Waals surface area contributed by atoms with Gasteiger partial charge >= 0.3 is 0 Å². The summed E-state index contributed by atoms with van der Waals surface area (Å²) in [5.74, 6) is 0.0830. The lowest BCUT2D eigenvalue weighted by Crippen LogP contribution is -2.52. The molecular weight excluding hydrogens is 316 g/mol. The first kappa shape index (κ1) is 18.5. The zero-order chi connectivity index (χ0) is 18.6. The number of para-hydroxylation sites is 1. The molecule has 132 valence electrons. The number of benzene rings is 2. The van der Waals surface area contributed by atoms with Crippen LogP contribution in [-0.4, -0.2) is 24.5 Å². The molecule has 0 unspecified atom stereocenters. The Hall–Kier alpha value is -2.82. The number of rotatable bonds is 5. The zero-order valence-corrected chi connectivity index (χ0v) is 15.3. The van der Waals surface area contributed by atoms with Crippen LogP contribution in [-0.2, 0) is 4.79 Å². The van der Waals surface area contributed by atoms with E-state index in [1.54, 1.807) is 45.2 Å². The number of aryl methyl sites for hydroxylation is 2. The van der Waals surface area contributed by atoms with Gasteiger partial charge in [0.1, 0.15) is 11.3 Å². The van der Waals surface area contributed by atoms with Crippen LogP contribution < -0.4 is 15.4 Å². The van der Waals surface area contributed by atoms with E-state index in [-0.39, 0.29) is 11.8 Å². The second-order valence-electron chi connectivity index (χ2n) is 6.53. The van der Waals surface area contributed by atoms with E-state index in [2.05, 4.69) is 10.6 Å². The highest BCUT2D eigenvalue weighted by atomic mass is 16.5. The van der Waals surface area contributed by atoms with Crippen molar-refractivity contribution in [2.24, 2.45) is 0 Å². The zero-order valence-electron chi connectivity index (χ0n) is 15.3. The van der Waals surface area contributed by atoms with E-state index >= 15 is 0 Å². The molecule has 0 spiro atoms. The van der Waals surface area contributed by atoms with E-state index in [0.717, 1.165) is 16.8 Å². The Labute approximate surface area is 148 Å². The van der Waals surface area contributed by atoms with E-state index in [9.17, 15) is 9.59 Å². The molecule has 2 rings (SSSR count). The van der Waals surface area contributed by atoms with E-state index < -0.39 is 5.54 Å². The molecule has 0 fully saturated rings. The molecule has 2 aromatic rings. The molecule has 0 aliphatic heterocycles. The number of methoxy groups -OCH3 is 1. The maximum atomic E-state index is 12.7. The summed E-state index contributed by atoms with van der Waals surface area (Å²) in [4.78, 5) is 25.1. The first-order valence-corrected chi connectivity index (χ1v) is 8.09. The van der Waals surface area contributed by atoms with Crippen molar-refractivity contribution in [1.82, 2.24) is 5.32 Å². The van der Waals surface area contributed by atoms with Gasteiger partial charge in [0.15, 0.2) is 0 Å². The monoisotopic (exact) mass is 340 g/mol. The minimum absolute atomic E-state index is 0.272. The summed E-state index contributed by atoms with van der Waals surface area (Å²) in [6, 6.07) is 12.5. The molecule has 5 heteroatoms. The fraction of sp³-hybridized carbons (Fsp3) is 0.300. The Morgan fingerprint density at radius 3 is 2.04 bits per heavy atom. The van der Waals surface area contributed by atoms with Gasteiger partial charge in [-0.05, 0) is 63.1 Å². The van der Waals surface area contributed by atoms with Crippen LogP contribution in [0.15, 0.2) is 42.5 Å². The van der Waals surface area contributed by atoms with E-state index in [0.29, 0.717) is 11.3 Å². The topological polar surface area (TPSA) is 67.4 Å². The molecule has 2 N–H and O–H groups in total. The lowest BCUT2D eigenvalue weighted by Gasteiger charge is -2.26. The molecule has 0 saturated heterocycles. The van der Waals surface area contributed by atoms with Crippen molar-refractivity contribution in [3.63, 3.8) is 0 Å². The lowest BCUT2D eigenvalue weighted by atomic mass is 10.0. The molecule has 2 aromatic carbocycles. The summed E-state index contributed by atoms with van der Waals surface area (Å²) in [5, 5.41) is 5.70. The standard InChI is InChI=1S/C20H24N2O3/c1-13-7-6-8-14(2)17(13)21-19(24)20(3,4)22-18(23)15-9-11-16(25-5)12-10-15/h6-12H,1-5H3,(H,21,24)(H,22,23). The Morgan fingerprint density at radius 1 is 0.960 bits per heavy atom. The van der Waals surface area contributed by atoms with Crippen molar-refractivity contribution in [3.05, 3.63) is 59.2 Å². The van der Waals surface area contributed by atoms with Gasteiger partial charge in [0.2, 0.25) is 5.91 Å². The SMILES string of the molecule is COc1ccc(C(=O)NC(C)(C)C(=O)Nc2c(C)cccc2C)cc1. The van der Waals surface area contributed by atoms with Gasteiger partial charge in [0, 0.05) is 11.3 Å². The summed E-state index contributed by atoms with van der Waals surface area (Å²) in [7, 11) is 1.57. The average Bonchev–Trinajstić information content (AvgIpc) is 2.57. The third kappa shape index (κ3) is 4.38. The largest absolute Gasteiger partial charge is 0.497 e. The quantitative estimate of drug-likeness (QED) is 0.876. The molecule has 0 aliphatic rings. The van der Waals surface area contributed by atoms with Gasteiger partial charge in [-0.1, -0.05) is 18.2 Å². The van der Waals surface area contributed by atoms with Crippen molar-refractivity contribution < 1.29 is 14.3 Å². The Morgan fingerprint density at radius 2 is 1.52 bits per heavy atom. The Bertz CT molecular complexity index is 760. The third-order valence-corrected chi connectivity index (χ3v) is 4.07. The summed E-state index contributed by atoms with van der Waals surface area (Å²) in [6.45, 7) is 7.23. The number of carbonyl (C=O) groups excluding carboxylic acids is 2. The number of ether oxygens (including phenoxy) is 1. The minimum Gasteiger partial charge on any atom is -0.497 e. The second-order valence-corrected chi connectivity index (χ2v) is 6.53. The Balaban J connectivity index is 2.11. The van der Waals surface area contributed by atoms with E-state index in [1.165, 1.54) is 0 Å². The molecule has 25 heavy (non-hydrogen) atoms. The Kier molecular flexibility index (Phi) is 5.47. The van der Waals surface area contributed by atoms with Crippen LogP contribution in [0.2, 0.25) is 0 Å². The molecule has 0 radical (unpaired) electrons. The van der Waals surface area contributed by atoms with Gasteiger partial charge < -0.3 is 15.4 Å². The fourth-order valence-electron chi connectivity index (χ4n) is 2.44. The number of hydrogen-bond acceptors (Lipinski definition) is 3. The van der Waals surface area contributed by atoms with Crippen LogP contribution >= 0.6 is 0 Å². The van der Waals surface area contributed by atoms with Crippen molar-refractivity contribution in [2.75, 3.05) is 12.4 Å². The highest BCUT2D eigenvalue weighted by Crippen LogP contribution is 2.21. The summed E-state index contributed by atoms with van der Waals surface area (Å²) in [5.41, 5.74) is 2.13. The predicted molar refractivity (Wildman–Crippen MR) is 99.1 cm³/mol. The van der Waals surface area contributed by atoms with Crippen molar-refractivity contribution in [1.29, 1.82) is 0 Å². The van der Waals surface area contributed by atoms with Crippen molar-refractivity contribution in [2.45, 2.75) is 33.2 Å². The maximum Gasteiger partial charge on any atom is 0.252 e. The second kappa shape index (κ2) is 7.38. The molecule has 0 bridgehead atoms. The molecule has 0 atom stereocenters. The van der Waals surface area contributed by atoms with Gasteiger partial charge in [-0.25, -0.2) is 0 Å². The van der Waals surface area contributed by atoms with Gasteiger partial charge in [0.25, 0.3) is 5.91 Å². The summed E-state index contributed by atoms with van der Waals surface area (Å²) in [6.07, 6.45) is 0. The number of amides is 2. The van der Waals surface area contributed by atoms with Crippen LogP contribution in [0, 0.1) is 13.8 Å². The minimum atomic E-state index is -1.06. The third-order valence-electron chi connectivity index (χ3n) is 4.07. The average molecular weight is 340 g/mol. The van der Waals surface area contributed by atoms with Gasteiger partial charge in [-0.15, -0.1) is 0 Å². The van der Waals surface area contributed by atoms with E-state index in [1.807, 2.05) is 32.0 Å². The predicted octanol–water partition coefficient (Wildman–Crippen LogP) is 3.46. The van der Waals surface area contributed by atoms with E-state index in [4.69, 9.17) is 4.74 Å². The molecular formula is C20H24N2O3.